The first-order chi connectivity index (χ1) is 10.9. The molecule has 2 rings (SSSR count). The maximum Gasteiger partial charge on any atom is 0.245 e. The molecule has 0 bridgehead atoms. The van der Waals surface area contributed by atoms with Gasteiger partial charge in [0.15, 0.2) is 0 Å². The van der Waals surface area contributed by atoms with Crippen LogP contribution in [0.3, 0.4) is 0 Å². The zero-order chi connectivity index (χ0) is 16.9. The van der Waals surface area contributed by atoms with E-state index in [0.29, 0.717) is 23.6 Å². The highest BCUT2D eigenvalue weighted by molar-refractivity contribution is 6.36. The van der Waals surface area contributed by atoms with E-state index in [4.69, 9.17) is 21.6 Å². The molecule has 4 nitrogen and oxygen atoms in total. The zero-order valence-corrected chi connectivity index (χ0v) is 13.7. The van der Waals surface area contributed by atoms with Crippen LogP contribution in [0.4, 0.5) is 5.69 Å². The second-order valence-electron chi connectivity index (χ2n) is 5.52. The number of carbonyl (C=O) groups excluding carboxylic acids is 1. The van der Waals surface area contributed by atoms with Crippen molar-refractivity contribution in [2.45, 2.75) is 25.3 Å². The van der Waals surface area contributed by atoms with Gasteiger partial charge >= 0.3 is 0 Å². The number of alkyl halides is 1. The fourth-order valence-corrected chi connectivity index (χ4v) is 1.88. The summed E-state index contributed by atoms with van der Waals surface area (Å²) in [6, 6.07) is 16.6. The van der Waals surface area contributed by atoms with E-state index >= 15 is 0 Å². The van der Waals surface area contributed by atoms with Crippen LogP contribution in [-0.4, -0.2) is 10.8 Å². The molecule has 1 amide bonds. The summed E-state index contributed by atoms with van der Waals surface area (Å²) in [5.74, 6) is 0.126. The first-order valence-electron chi connectivity index (χ1n) is 7.11. The molecule has 0 atom stereocenters. The maximum absolute atomic E-state index is 12.1. The topological polar surface area (TPSA) is 62.1 Å². The van der Waals surface area contributed by atoms with Crippen molar-refractivity contribution in [2.24, 2.45) is 0 Å². The molecule has 1 N–H and O–H groups in total. The normalized spacial score (nSPS) is 10.7. The van der Waals surface area contributed by atoms with Crippen molar-refractivity contribution >= 4 is 23.2 Å². The quantitative estimate of drug-likeness (QED) is 0.841. The van der Waals surface area contributed by atoms with Gasteiger partial charge in [-0.2, -0.15) is 5.26 Å². The smallest absolute Gasteiger partial charge is 0.245 e. The first-order valence-corrected chi connectivity index (χ1v) is 7.49. The van der Waals surface area contributed by atoms with E-state index in [1.807, 2.05) is 36.4 Å². The third kappa shape index (κ3) is 4.73. The number of nitrogens with zero attached hydrogens (tertiary/aromatic N) is 1. The van der Waals surface area contributed by atoms with Crippen molar-refractivity contribution in [3.8, 4) is 11.8 Å². The van der Waals surface area contributed by atoms with Gasteiger partial charge in [0.05, 0.1) is 17.3 Å². The molecule has 23 heavy (non-hydrogen) atoms. The Labute approximate surface area is 140 Å². The molecule has 0 aliphatic rings. The monoisotopic (exact) mass is 328 g/mol. The van der Waals surface area contributed by atoms with E-state index in [0.717, 1.165) is 5.56 Å². The second kappa shape index (κ2) is 7.17. The lowest BCUT2D eigenvalue weighted by molar-refractivity contribution is -0.117. The summed E-state index contributed by atoms with van der Waals surface area (Å²) >= 11 is 6.01. The molecular formula is C18H17ClN2O2. The van der Waals surface area contributed by atoms with Crippen LogP contribution in [0.15, 0.2) is 48.5 Å². The van der Waals surface area contributed by atoms with Crippen molar-refractivity contribution < 1.29 is 9.53 Å². The highest BCUT2D eigenvalue weighted by atomic mass is 35.5. The molecule has 0 saturated heterocycles. The minimum Gasteiger partial charge on any atom is -0.487 e. The highest BCUT2D eigenvalue weighted by Gasteiger charge is 2.25. The van der Waals surface area contributed by atoms with Gasteiger partial charge in [-0.1, -0.05) is 30.3 Å². The van der Waals surface area contributed by atoms with Crippen LogP contribution in [0.2, 0.25) is 0 Å². The minimum atomic E-state index is -1.06. The summed E-state index contributed by atoms with van der Waals surface area (Å²) in [4.78, 5) is 11.0. The lowest BCUT2D eigenvalue weighted by atomic mass is 10.1. The van der Waals surface area contributed by atoms with Crippen LogP contribution >= 0.6 is 11.6 Å². The SMILES string of the molecule is CC(C)(Cl)C(=O)Nc1cc(C#N)ccc1OCc1ccccc1. The Morgan fingerprint density at radius 2 is 1.96 bits per heavy atom. The number of carbonyl (C=O) groups is 1. The van der Waals surface area contributed by atoms with Crippen LogP contribution in [0, 0.1) is 11.3 Å². The maximum atomic E-state index is 12.1. The number of benzene rings is 2. The molecule has 0 saturated carbocycles. The van der Waals surface area contributed by atoms with Crippen molar-refractivity contribution in [2.75, 3.05) is 5.32 Å². The van der Waals surface area contributed by atoms with Gasteiger partial charge in [0.1, 0.15) is 17.2 Å². The van der Waals surface area contributed by atoms with Gasteiger partial charge in [0, 0.05) is 0 Å². The summed E-state index contributed by atoms with van der Waals surface area (Å²) in [7, 11) is 0. The molecule has 118 valence electrons. The van der Waals surface area contributed by atoms with Gasteiger partial charge in [0.25, 0.3) is 0 Å². The number of anilines is 1. The van der Waals surface area contributed by atoms with E-state index in [2.05, 4.69) is 5.32 Å². The zero-order valence-electron chi connectivity index (χ0n) is 13.0. The molecule has 0 fully saturated rings. The Morgan fingerprint density at radius 1 is 1.26 bits per heavy atom. The van der Waals surface area contributed by atoms with Gasteiger partial charge < -0.3 is 10.1 Å². The minimum absolute atomic E-state index is 0.361. The van der Waals surface area contributed by atoms with E-state index in [9.17, 15) is 4.79 Å². The molecular weight excluding hydrogens is 312 g/mol. The molecule has 2 aromatic carbocycles. The predicted octanol–water partition coefficient (Wildman–Crippen LogP) is 4.09. The Morgan fingerprint density at radius 3 is 2.57 bits per heavy atom. The van der Waals surface area contributed by atoms with E-state index in [-0.39, 0.29) is 5.91 Å². The summed E-state index contributed by atoms with van der Waals surface area (Å²) in [6.45, 7) is 3.56. The number of halogens is 1. The number of amides is 1. The van der Waals surface area contributed by atoms with E-state index in [1.165, 1.54) is 0 Å². The van der Waals surface area contributed by atoms with Gasteiger partial charge in [0.2, 0.25) is 5.91 Å². The molecule has 0 heterocycles. The van der Waals surface area contributed by atoms with Crippen LogP contribution in [-0.2, 0) is 11.4 Å². The average molecular weight is 329 g/mol. The first kappa shape index (κ1) is 16.9. The Balaban J connectivity index is 2.21. The number of nitriles is 1. The fraction of sp³-hybridized carbons (Fsp3) is 0.222. The Kier molecular flexibility index (Phi) is 5.25. The lowest BCUT2D eigenvalue weighted by Crippen LogP contribution is -2.31. The van der Waals surface area contributed by atoms with Crippen molar-refractivity contribution in [3.05, 3.63) is 59.7 Å². The van der Waals surface area contributed by atoms with Gasteiger partial charge in [-0.15, -0.1) is 11.6 Å². The molecule has 2 aromatic rings. The summed E-state index contributed by atoms with van der Waals surface area (Å²) < 4.78 is 5.77. The molecule has 0 unspecified atom stereocenters. The van der Waals surface area contributed by atoms with Gasteiger partial charge in [-0.25, -0.2) is 0 Å². The highest BCUT2D eigenvalue weighted by Crippen LogP contribution is 2.28. The third-order valence-corrected chi connectivity index (χ3v) is 3.31. The molecule has 5 heteroatoms. The van der Waals surface area contributed by atoms with Crippen LogP contribution < -0.4 is 10.1 Å². The molecule has 0 radical (unpaired) electrons. The average Bonchev–Trinajstić information content (AvgIpc) is 2.53. The lowest BCUT2D eigenvalue weighted by Gasteiger charge is -2.18. The van der Waals surface area contributed by atoms with E-state index < -0.39 is 4.87 Å². The Hall–Kier alpha value is -2.51. The standard InChI is InChI=1S/C18H17ClN2O2/c1-18(2,19)17(22)21-15-10-14(11-20)8-9-16(15)23-12-13-6-4-3-5-7-13/h3-10H,12H2,1-2H3,(H,21,22). The van der Waals surface area contributed by atoms with Crippen molar-refractivity contribution in [3.63, 3.8) is 0 Å². The van der Waals surface area contributed by atoms with Crippen LogP contribution in [0.5, 0.6) is 5.75 Å². The predicted molar refractivity (Wildman–Crippen MR) is 90.5 cm³/mol. The second-order valence-corrected chi connectivity index (χ2v) is 6.47. The van der Waals surface area contributed by atoms with Crippen LogP contribution in [0.25, 0.3) is 0 Å². The molecule has 0 aliphatic heterocycles. The molecule has 0 spiro atoms. The number of hydrogen-bond donors (Lipinski definition) is 1. The summed E-state index contributed by atoms with van der Waals surface area (Å²) in [6.07, 6.45) is 0. The van der Waals surface area contributed by atoms with Crippen molar-refractivity contribution in [1.29, 1.82) is 5.26 Å². The van der Waals surface area contributed by atoms with Gasteiger partial charge in [-0.3, -0.25) is 4.79 Å². The summed E-state index contributed by atoms with van der Waals surface area (Å²) in [5, 5.41) is 11.7. The van der Waals surface area contributed by atoms with Crippen LogP contribution in [0.1, 0.15) is 25.0 Å². The number of hydrogen-bond acceptors (Lipinski definition) is 3. The number of ether oxygens (including phenoxy) is 1. The number of rotatable bonds is 5. The van der Waals surface area contributed by atoms with Crippen molar-refractivity contribution in [1.82, 2.24) is 0 Å². The van der Waals surface area contributed by atoms with Gasteiger partial charge in [-0.05, 0) is 37.6 Å². The Bertz CT molecular complexity index is 731. The number of nitrogens with one attached hydrogen (secondary N) is 1. The van der Waals surface area contributed by atoms with E-state index in [1.54, 1.807) is 32.0 Å². The fourth-order valence-electron chi connectivity index (χ4n) is 1.83. The molecule has 0 aliphatic carbocycles. The largest absolute Gasteiger partial charge is 0.487 e. The molecule has 0 aromatic heterocycles. The third-order valence-electron chi connectivity index (χ3n) is 3.13. The summed E-state index contributed by atoms with van der Waals surface area (Å²) in [5.41, 5.74) is 1.87.